The van der Waals surface area contributed by atoms with Gasteiger partial charge in [-0.25, -0.2) is 9.97 Å². The van der Waals surface area contributed by atoms with E-state index in [-0.39, 0.29) is 12.5 Å². The fourth-order valence-electron chi connectivity index (χ4n) is 2.81. The summed E-state index contributed by atoms with van der Waals surface area (Å²) in [5.41, 5.74) is 2.22. The van der Waals surface area contributed by atoms with Gasteiger partial charge < -0.3 is 20.1 Å². The number of carbonyl (C=O) groups is 1. The number of ether oxygens (including phenoxy) is 2. The van der Waals surface area contributed by atoms with Crippen LogP contribution in [0, 0.1) is 0 Å². The van der Waals surface area contributed by atoms with Gasteiger partial charge in [0.1, 0.15) is 17.9 Å². The number of nitrogens with one attached hydrogen (secondary N) is 2. The Balaban J connectivity index is 1.57. The number of para-hydroxylation sites is 1. The Morgan fingerprint density at radius 3 is 3.19 bits per heavy atom. The minimum absolute atomic E-state index is 0.0388. The van der Waals surface area contributed by atoms with Crippen LogP contribution in [-0.2, 0) is 22.6 Å². The second-order valence-electron chi connectivity index (χ2n) is 5.83. The zero-order valence-electron chi connectivity index (χ0n) is 14.2. The Hall–Kier alpha value is -3.20. The third-order valence-corrected chi connectivity index (χ3v) is 4.07. The first kappa shape index (κ1) is 16.3. The number of benzene rings is 1. The summed E-state index contributed by atoms with van der Waals surface area (Å²) in [4.78, 5) is 20.1. The minimum Gasteiger partial charge on any atom is -0.482 e. The van der Waals surface area contributed by atoms with Crippen molar-refractivity contribution in [3.8, 4) is 5.75 Å². The number of carbonyl (C=O) groups excluding carboxylic acids is 1. The maximum Gasteiger partial charge on any atom is 0.262 e. The van der Waals surface area contributed by atoms with Crippen molar-refractivity contribution >= 4 is 28.4 Å². The van der Waals surface area contributed by atoms with Crippen molar-refractivity contribution in [2.45, 2.75) is 13.1 Å². The van der Waals surface area contributed by atoms with Gasteiger partial charge in [0.05, 0.1) is 24.2 Å². The zero-order valence-corrected chi connectivity index (χ0v) is 14.2. The number of amides is 1. The molecule has 3 aromatic rings. The highest BCUT2D eigenvalue weighted by Gasteiger charge is 2.19. The molecule has 0 spiro atoms. The summed E-state index contributed by atoms with van der Waals surface area (Å²) in [5, 5.41) is 11.4. The molecule has 26 heavy (non-hydrogen) atoms. The van der Waals surface area contributed by atoms with Crippen molar-refractivity contribution in [1.29, 1.82) is 0 Å². The van der Waals surface area contributed by atoms with Gasteiger partial charge in [0.25, 0.3) is 5.91 Å². The molecule has 0 unspecified atom stereocenters. The van der Waals surface area contributed by atoms with E-state index in [4.69, 9.17) is 9.47 Å². The lowest BCUT2D eigenvalue weighted by atomic mass is 10.1. The minimum atomic E-state index is -0.159. The van der Waals surface area contributed by atoms with Gasteiger partial charge in [-0.3, -0.25) is 9.48 Å². The van der Waals surface area contributed by atoms with Gasteiger partial charge in [-0.1, -0.05) is 12.1 Å². The fourth-order valence-corrected chi connectivity index (χ4v) is 2.81. The van der Waals surface area contributed by atoms with Crippen LogP contribution >= 0.6 is 0 Å². The molecule has 0 saturated carbocycles. The van der Waals surface area contributed by atoms with Crippen LogP contribution in [0.15, 0.2) is 30.7 Å². The van der Waals surface area contributed by atoms with Crippen LogP contribution in [0.5, 0.6) is 5.75 Å². The van der Waals surface area contributed by atoms with Gasteiger partial charge in [0.2, 0.25) is 0 Å². The summed E-state index contributed by atoms with van der Waals surface area (Å²) >= 11 is 0. The molecule has 0 atom stereocenters. The van der Waals surface area contributed by atoms with Crippen LogP contribution in [0.3, 0.4) is 0 Å². The fraction of sp³-hybridized carbons (Fsp3) is 0.294. The normalized spacial score (nSPS) is 13.2. The van der Waals surface area contributed by atoms with E-state index in [1.807, 2.05) is 24.4 Å². The molecule has 3 heterocycles. The third kappa shape index (κ3) is 3.16. The monoisotopic (exact) mass is 354 g/mol. The van der Waals surface area contributed by atoms with Crippen LogP contribution in [0.1, 0.15) is 5.56 Å². The lowest BCUT2D eigenvalue weighted by Crippen LogP contribution is -2.26. The van der Waals surface area contributed by atoms with Crippen molar-refractivity contribution in [3.05, 3.63) is 36.3 Å². The summed E-state index contributed by atoms with van der Waals surface area (Å²) in [6, 6.07) is 5.66. The predicted molar refractivity (Wildman–Crippen MR) is 95.1 cm³/mol. The summed E-state index contributed by atoms with van der Waals surface area (Å²) in [6.07, 6.45) is 3.37. The molecule has 0 saturated heterocycles. The Labute approximate surface area is 149 Å². The summed E-state index contributed by atoms with van der Waals surface area (Å²) < 4.78 is 12.3. The lowest BCUT2D eigenvalue weighted by Gasteiger charge is -2.21. The molecule has 2 N–H and O–H groups in total. The molecule has 0 aliphatic carbocycles. The first-order valence-electron chi connectivity index (χ1n) is 8.20. The highest BCUT2D eigenvalue weighted by atomic mass is 16.5. The lowest BCUT2D eigenvalue weighted by molar-refractivity contribution is -0.118. The Morgan fingerprint density at radius 1 is 1.38 bits per heavy atom. The Morgan fingerprint density at radius 2 is 2.31 bits per heavy atom. The van der Waals surface area contributed by atoms with Crippen molar-refractivity contribution in [2.24, 2.45) is 0 Å². The Kier molecular flexibility index (Phi) is 4.36. The number of aromatic nitrogens is 4. The van der Waals surface area contributed by atoms with Gasteiger partial charge in [-0.15, -0.1) is 0 Å². The maximum atomic E-state index is 11.6. The van der Waals surface area contributed by atoms with Gasteiger partial charge in [-0.05, 0) is 11.6 Å². The maximum absolute atomic E-state index is 11.6. The van der Waals surface area contributed by atoms with E-state index in [1.165, 1.54) is 6.33 Å². The molecule has 9 nitrogen and oxygen atoms in total. The van der Waals surface area contributed by atoms with E-state index in [0.29, 0.717) is 42.6 Å². The quantitative estimate of drug-likeness (QED) is 0.690. The smallest absolute Gasteiger partial charge is 0.262 e. The molecule has 0 bridgehead atoms. The first-order chi connectivity index (χ1) is 12.7. The van der Waals surface area contributed by atoms with Gasteiger partial charge in [0.15, 0.2) is 12.3 Å². The molecule has 4 rings (SSSR count). The number of hydrogen-bond donors (Lipinski definition) is 2. The predicted octanol–water partition coefficient (Wildman–Crippen LogP) is 1.42. The van der Waals surface area contributed by atoms with Crippen molar-refractivity contribution in [2.75, 3.05) is 31.0 Å². The largest absolute Gasteiger partial charge is 0.482 e. The molecule has 1 amide bonds. The molecule has 1 aromatic carbocycles. The van der Waals surface area contributed by atoms with E-state index in [0.717, 1.165) is 10.9 Å². The summed E-state index contributed by atoms with van der Waals surface area (Å²) in [7, 11) is 1.65. The summed E-state index contributed by atoms with van der Waals surface area (Å²) in [5.74, 6) is 1.19. The number of methoxy groups -OCH3 is 1. The van der Waals surface area contributed by atoms with Crippen LogP contribution < -0.4 is 15.4 Å². The van der Waals surface area contributed by atoms with Crippen molar-refractivity contribution in [3.63, 3.8) is 0 Å². The number of fused-ring (bicyclic) bond motifs is 2. The van der Waals surface area contributed by atoms with Crippen LogP contribution in [0.2, 0.25) is 0 Å². The molecule has 0 fully saturated rings. The van der Waals surface area contributed by atoms with E-state index < -0.39 is 0 Å². The standard InChI is InChI=1S/C17H18N6O3/c1-25-6-5-23-8-12-16(19-10-20-17(12)22-23)18-7-11-3-2-4-13-15(11)21-14(24)9-26-13/h2-4,8,10H,5-7,9H2,1H3,(H,21,24)(H,18,19,20,22). The average Bonchev–Trinajstić information content (AvgIpc) is 3.08. The highest BCUT2D eigenvalue weighted by Crippen LogP contribution is 2.31. The Bertz CT molecular complexity index is 955. The van der Waals surface area contributed by atoms with Gasteiger partial charge in [-0.2, -0.15) is 5.10 Å². The van der Waals surface area contributed by atoms with Crippen LogP contribution in [0.25, 0.3) is 11.0 Å². The number of hydrogen-bond acceptors (Lipinski definition) is 7. The molecule has 2 aromatic heterocycles. The molecule has 1 aliphatic heterocycles. The van der Waals surface area contributed by atoms with Gasteiger partial charge in [0, 0.05) is 19.9 Å². The first-order valence-corrected chi connectivity index (χ1v) is 8.20. The molecular formula is C17H18N6O3. The SMILES string of the molecule is COCCn1cc2c(NCc3cccc4c3NC(=O)CO4)ncnc2n1. The molecule has 1 aliphatic rings. The van der Waals surface area contributed by atoms with E-state index >= 15 is 0 Å². The molecule has 134 valence electrons. The second kappa shape index (κ2) is 6.96. The number of anilines is 2. The zero-order chi connectivity index (χ0) is 17.9. The van der Waals surface area contributed by atoms with Gasteiger partial charge >= 0.3 is 0 Å². The van der Waals surface area contributed by atoms with Crippen LogP contribution in [-0.4, -0.2) is 46.0 Å². The summed E-state index contributed by atoms with van der Waals surface area (Å²) in [6.45, 7) is 1.72. The highest BCUT2D eigenvalue weighted by molar-refractivity contribution is 5.96. The number of nitrogens with zero attached hydrogens (tertiary/aromatic N) is 4. The second-order valence-corrected chi connectivity index (χ2v) is 5.83. The van der Waals surface area contributed by atoms with Crippen molar-refractivity contribution in [1.82, 2.24) is 19.7 Å². The third-order valence-electron chi connectivity index (χ3n) is 4.07. The van der Waals surface area contributed by atoms with E-state index in [9.17, 15) is 4.79 Å². The van der Waals surface area contributed by atoms with E-state index in [2.05, 4.69) is 25.7 Å². The van der Waals surface area contributed by atoms with Crippen molar-refractivity contribution < 1.29 is 14.3 Å². The molecule has 9 heteroatoms. The van der Waals surface area contributed by atoms with E-state index in [1.54, 1.807) is 11.8 Å². The average molecular weight is 354 g/mol. The topological polar surface area (TPSA) is 103 Å². The molecular weight excluding hydrogens is 336 g/mol. The number of rotatable bonds is 6. The van der Waals surface area contributed by atoms with Crippen LogP contribution in [0.4, 0.5) is 11.5 Å². The molecule has 0 radical (unpaired) electrons.